The Morgan fingerprint density at radius 2 is 2.14 bits per heavy atom. The molecule has 3 heterocycles. The van der Waals surface area contributed by atoms with Crippen molar-refractivity contribution in [3.8, 4) is 17.1 Å². The number of benzene rings is 1. The molecule has 4 N–H and O–H groups in total. The van der Waals surface area contributed by atoms with Gasteiger partial charge in [0.15, 0.2) is 5.75 Å². The van der Waals surface area contributed by atoms with Crippen LogP contribution in [0.25, 0.3) is 17.0 Å². The van der Waals surface area contributed by atoms with Crippen molar-refractivity contribution in [2.75, 3.05) is 11.9 Å². The zero-order chi connectivity index (χ0) is 26.5. The number of aromatic nitrogens is 4. The summed E-state index contributed by atoms with van der Waals surface area (Å²) in [5, 5.41) is 27.2. The summed E-state index contributed by atoms with van der Waals surface area (Å²) in [6, 6.07) is 5.39. The van der Waals surface area contributed by atoms with Crippen molar-refractivity contribution in [1.29, 1.82) is 0 Å². The maximum atomic E-state index is 13.2. The van der Waals surface area contributed by atoms with Gasteiger partial charge in [-0.15, -0.1) is 0 Å². The molecular formula is C25H26BN5O6. The summed E-state index contributed by atoms with van der Waals surface area (Å²) in [4.78, 5) is 33.5. The molecule has 0 unspecified atom stereocenters. The van der Waals surface area contributed by atoms with E-state index in [-0.39, 0.29) is 35.6 Å². The number of hydrogen-bond donors (Lipinski definition) is 4. The molecule has 1 fully saturated rings. The molecule has 4 aromatic rings. The zero-order valence-corrected chi connectivity index (χ0v) is 20.7. The van der Waals surface area contributed by atoms with Crippen LogP contribution in [0.1, 0.15) is 60.1 Å². The average molecular weight is 503 g/mol. The first-order chi connectivity index (χ1) is 17.5. The fraction of sp³-hybridized carbons (Fsp3) is 0.360. The molecule has 0 saturated heterocycles. The highest BCUT2D eigenvalue weighted by Gasteiger charge is 2.30. The minimum absolute atomic E-state index is 0.0339. The van der Waals surface area contributed by atoms with Crippen LogP contribution in [0.4, 0.5) is 5.69 Å². The lowest BCUT2D eigenvalue weighted by Gasteiger charge is -2.18. The van der Waals surface area contributed by atoms with Crippen LogP contribution in [0.15, 0.2) is 33.7 Å². The molecule has 0 spiro atoms. The number of imidazole rings is 1. The molecule has 37 heavy (non-hydrogen) atoms. The Hall–Kier alpha value is -3.90. The predicted molar refractivity (Wildman–Crippen MR) is 135 cm³/mol. The van der Waals surface area contributed by atoms with E-state index in [0.29, 0.717) is 28.9 Å². The number of H-pyrrole nitrogens is 1. The van der Waals surface area contributed by atoms with Gasteiger partial charge < -0.3 is 29.8 Å². The number of pyridine rings is 1. The fourth-order valence-electron chi connectivity index (χ4n) is 3.95. The van der Waals surface area contributed by atoms with Crippen LogP contribution in [0, 0.1) is 6.92 Å². The molecule has 0 atom stereocenters. The molecule has 2 radical (unpaired) electrons. The zero-order valence-electron chi connectivity index (χ0n) is 20.7. The molecule has 5 rings (SSSR count). The van der Waals surface area contributed by atoms with E-state index in [1.807, 2.05) is 19.1 Å². The molecule has 1 aliphatic carbocycles. The summed E-state index contributed by atoms with van der Waals surface area (Å²) in [5.74, 6) is 0.133. The summed E-state index contributed by atoms with van der Waals surface area (Å²) in [6.45, 7) is 4.73. The summed E-state index contributed by atoms with van der Waals surface area (Å²) >= 11 is 0. The number of nitrogens with zero attached hydrogens (tertiary/aromatic N) is 3. The van der Waals surface area contributed by atoms with Crippen LogP contribution < -0.4 is 16.3 Å². The lowest BCUT2D eigenvalue weighted by molar-refractivity contribution is -0.0271. The fourth-order valence-corrected chi connectivity index (χ4v) is 3.95. The lowest BCUT2D eigenvalue weighted by Crippen LogP contribution is -2.30. The number of carbonyl (C=O) groups excluding carboxylic acids is 1. The van der Waals surface area contributed by atoms with E-state index in [1.54, 1.807) is 19.9 Å². The van der Waals surface area contributed by atoms with Gasteiger partial charge in [-0.25, -0.2) is 0 Å². The Balaban J connectivity index is 1.43. The van der Waals surface area contributed by atoms with Crippen LogP contribution in [0.3, 0.4) is 0 Å². The van der Waals surface area contributed by atoms with Gasteiger partial charge in [-0.3, -0.25) is 14.0 Å². The number of nitrogens with one attached hydrogen (secondary N) is 2. The van der Waals surface area contributed by atoms with Crippen molar-refractivity contribution in [2.24, 2.45) is 0 Å². The molecule has 0 bridgehead atoms. The third-order valence-corrected chi connectivity index (χ3v) is 6.13. The van der Waals surface area contributed by atoms with E-state index in [2.05, 4.69) is 20.4 Å². The second-order valence-corrected chi connectivity index (χ2v) is 9.92. The monoisotopic (exact) mass is 503 g/mol. The Labute approximate surface area is 212 Å². The number of carbonyl (C=O) groups is 1. The average Bonchev–Trinajstić information content (AvgIpc) is 3.39. The SMILES string of the molecule is [B]c1c(COCC(C)(C)O)c(O)c(=O)n2c(C(=O)Nc3cc(-c4noc(C5CC5)n4)ccc3C)c[nH]c12. The van der Waals surface area contributed by atoms with Gasteiger partial charge in [-0.05, 0) is 50.7 Å². The van der Waals surface area contributed by atoms with Gasteiger partial charge >= 0.3 is 0 Å². The summed E-state index contributed by atoms with van der Waals surface area (Å²) < 4.78 is 11.8. The topological polar surface area (TPSA) is 155 Å². The van der Waals surface area contributed by atoms with Crippen LogP contribution in [0.5, 0.6) is 5.75 Å². The normalized spacial score (nSPS) is 13.8. The standard InChI is InChI=1S/C25H26BN5O6/c1-12-4-5-14(20-29-23(37-30-20)13-6-7-13)8-16(12)28-22(33)17-9-27-21-18(26)15(10-36-11-25(2,3)35)19(32)24(34)31(17)21/h4-5,8-9,13,27,32,35H,6-7,10-11H2,1-3H3,(H,28,33). The first kappa shape index (κ1) is 24.8. The number of hydrogen-bond acceptors (Lipinski definition) is 8. The minimum Gasteiger partial charge on any atom is -0.503 e. The van der Waals surface area contributed by atoms with E-state index < -0.39 is 22.8 Å². The minimum atomic E-state index is -1.10. The Bertz CT molecular complexity index is 1560. The van der Waals surface area contributed by atoms with Crippen molar-refractivity contribution >= 4 is 30.6 Å². The van der Waals surface area contributed by atoms with Crippen molar-refractivity contribution in [2.45, 2.75) is 51.7 Å². The molecular weight excluding hydrogens is 477 g/mol. The molecule has 190 valence electrons. The van der Waals surface area contributed by atoms with E-state index >= 15 is 0 Å². The first-order valence-corrected chi connectivity index (χ1v) is 11.8. The van der Waals surface area contributed by atoms with Gasteiger partial charge in [-0.1, -0.05) is 17.3 Å². The van der Waals surface area contributed by atoms with Gasteiger partial charge in [0.1, 0.15) is 19.2 Å². The van der Waals surface area contributed by atoms with Gasteiger partial charge in [0.05, 0.1) is 18.8 Å². The second kappa shape index (κ2) is 9.20. The maximum absolute atomic E-state index is 13.2. The number of fused-ring (bicyclic) bond motifs is 1. The number of anilines is 1. The second-order valence-electron chi connectivity index (χ2n) is 9.92. The Morgan fingerprint density at radius 1 is 1.38 bits per heavy atom. The molecule has 1 amide bonds. The van der Waals surface area contributed by atoms with Gasteiger partial charge in [0.2, 0.25) is 11.7 Å². The molecule has 1 saturated carbocycles. The third kappa shape index (κ3) is 4.89. The predicted octanol–water partition coefficient (Wildman–Crippen LogP) is 1.90. The number of rotatable bonds is 8. The maximum Gasteiger partial charge on any atom is 0.299 e. The highest BCUT2D eigenvalue weighted by Crippen LogP contribution is 2.39. The highest BCUT2D eigenvalue weighted by molar-refractivity contribution is 6.37. The number of aliphatic hydroxyl groups is 1. The van der Waals surface area contributed by atoms with E-state index in [0.717, 1.165) is 22.8 Å². The van der Waals surface area contributed by atoms with Crippen LogP contribution in [-0.4, -0.2) is 55.7 Å². The Kier molecular flexibility index (Phi) is 6.16. The highest BCUT2D eigenvalue weighted by atomic mass is 16.5. The summed E-state index contributed by atoms with van der Waals surface area (Å²) in [5.41, 5.74) is 0.227. The van der Waals surface area contributed by atoms with Crippen LogP contribution >= 0.6 is 0 Å². The van der Waals surface area contributed by atoms with Crippen LogP contribution in [0.2, 0.25) is 0 Å². The Morgan fingerprint density at radius 3 is 2.84 bits per heavy atom. The molecule has 1 aliphatic rings. The van der Waals surface area contributed by atoms with Gasteiger partial charge in [0.25, 0.3) is 11.5 Å². The van der Waals surface area contributed by atoms with E-state index in [4.69, 9.17) is 17.1 Å². The van der Waals surface area contributed by atoms with Crippen LogP contribution in [-0.2, 0) is 11.3 Å². The van der Waals surface area contributed by atoms with Crippen molar-refractivity contribution < 1.29 is 24.3 Å². The molecule has 12 heteroatoms. The van der Waals surface area contributed by atoms with Gasteiger partial charge in [0, 0.05) is 28.9 Å². The van der Waals surface area contributed by atoms with Crippen molar-refractivity contribution in [3.63, 3.8) is 0 Å². The quantitative estimate of drug-likeness (QED) is 0.266. The molecule has 0 aliphatic heterocycles. The number of aryl methyl sites for hydroxylation is 1. The van der Waals surface area contributed by atoms with Gasteiger partial charge in [-0.2, -0.15) is 4.98 Å². The molecule has 11 nitrogen and oxygen atoms in total. The van der Waals surface area contributed by atoms with E-state index in [1.165, 1.54) is 6.20 Å². The number of aromatic hydroxyl groups is 1. The molecule has 1 aromatic carbocycles. The van der Waals surface area contributed by atoms with Crippen molar-refractivity contribution in [1.82, 2.24) is 19.5 Å². The number of amides is 1. The largest absolute Gasteiger partial charge is 0.503 e. The smallest absolute Gasteiger partial charge is 0.299 e. The first-order valence-electron chi connectivity index (χ1n) is 11.8. The number of ether oxygens (including phenoxy) is 1. The number of aromatic amines is 1. The van der Waals surface area contributed by atoms with E-state index in [9.17, 15) is 19.8 Å². The van der Waals surface area contributed by atoms with Crippen molar-refractivity contribution in [3.05, 3.63) is 57.5 Å². The summed E-state index contributed by atoms with van der Waals surface area (Å²) in [7, 11) is 6.19. The third-order valence-electron chi connectivity index (χ3n) is 6.13. The molecule has 3 aromatic heterocycles. The summed E-state index contributed by atoms with van der Waals surface area (Å²) in [6.07, 6.45) is 3.41. The lowest BCUT2D eigenvalue weighted by atomic mass is 9.91.